The normalized spacial score (nSPS) is 13.8. The van der Waals surface area contributed by atoms with E-state index in [1.165, 1.54) is 0 Å². The van der Waals surface area contributed by atoms with Gasteiger partial charge >= 0.3 is 0 Å². The molecule has 9 heteroatoms. The lowest BCUT2D eigenvalue weighted by Crippen LogP contribution is -2.47. The van der Waals surface area contributed by atoms with Crippen LogP contribution in [0.25, 0.3) is 0 Å². The lowest BCUT2D eigenvalue weighted by Gasteiger charge is -2.35. The largest absolute Gasteiger partial charge is 0.495 e. The third kappa shape index (κ3) is 4.91. The molecule has 1 aliphatic rings. The second-order valence-electron chi connectivity index (χ2n) is 7.44. The molecule has 3 heterocycles. The molecule has 0 unspecified atom stereocenters. The summed E-state index contributed by atoms with van der Waals surface area (Å²) in [6.07, 6.45) is 1.83. The van der Waals surface area contributed by atoms with Gasteiger partial charge in [-0.15, -0.1) is 0 Å². The second-order valence-corrected chi connectivity index (χ2v) is 7.87. The van der Waals surface area contributed by atoms with Gasteiger partial charge < -0.3 is 24.8 Å². The van der Waals surface area contributed by atoms with Gasteiger partial charge in [0.1, 0.15) is 23.2 Å². The van der Waals surface area contributed by atoms with E-state index in [2.05, 4.69) is 20.1 Å². The van der Waals surface area contributed by atoms with Crippen LogP contribution in [-0.4, -0.2) is 62.3 Å². The molecular weight excluding hydrogens is 414 g/mol. The van der Waals surface area contributed by atoms with Gasteiger partial charge in [-0.1, -0.05) is 17.7 Å². The third-order valence-corrected chi connectivity index (χ3v) is 5.35. The van der Waals surface area contributed by atoms with E-state index in [0.29, 0.717) is 22.5 Å². The van der Waals surface area contributed by atoms with E-state index in [0.717, 1.165) is 43.5 Å². The van der Waals surface area contributed by atoms with Gasteiger partial charge in [-0.2, -0.15) is 9.97 Å². The molecule has 0 atom stereocenters. The van der Waals surface area contributed by atoms with Gasteiger partial charge in [0, 0.05) is 57.6 Å². The highest BCUT2D eigenvalue weighted by Crippen LogP contribution is 2.31. The topological polar surface area (TPSA) is 69.7 Å². The highest BCUT2D eigenvalue weighted by Gasteiger charge is 2.21. The Labute approximate surface area is 187 Å². The summed E-state index contributed by atoms with van der Waals surface area (Å²) in [6.45, 7) is 3.34. The fourth-order valence-electron chi connectivity index (χ4n) is 3.45. The maximum Gasteiger partial charge on any atom is 0.229 e. The summed E-state index contributed by atoms with van der Waals surface area (Å²) in [5.41, 5.74) is 0.754. The number of nitrogens with zero attached hydrogens (tertiary/aromatic N) is 6. The summed E-state index contributed by atoms with van der Waals surface area (Å²) in [4.78, 5) is 20.5. The summed E-state index contributed by atoms with van der Waals surface area (Å²) >= 11 is 6.18. The number of hydrogen-bond donors (Lipinski definition) is 1. The lowest BCUT2D eigenvalue weighted by atomic mass is 10.3. The molecule has 0 radical (unpaired) electrons. The van der Waals surface area contributed by atoms with Gasteiger partial charge in [0.15, 0.2) is 0 Å². The van der Waals surface area contributed by atoms with Crippen LogP contribution in [0.4, 0.5) is 29.1 Å². The zero-order valence-electron chi connectivity index (χ0n) is 17.9. The van der Waals surface area contributed by atoms with Gasteiger partial charge in [0.2, 0.25) is 5.95 Å². The van der Waals surface area contributed by atoms with Gasteiger partial charge in [-0.25, -0.2) is 4.98 Å². The number of nitrogens with one attached hydrogen (secondary N) is 1. The van der Waals surface area contributed by atoms with Crippen molar-refractivity contribution in [2.75, 3.05) is 67.4 Å². The van der Waals surface area contributed by atoms with Crippen LogP contribution in [0.1, 0.15) is 0 Å². The highest BCUT2D eigenvalue weighted by atomic mass is 35.5. The molecule has 2 aromatic heterocycles. The van der Waals surface area contributed by atoms with Gasteiger partial charge in [-0.3, -0.25) is 0 Å². The molecule has 1 aromatic carbocycles. The van der Waals surface area contributed by atoms with Crippen molar-refractivity contribution in [1.29, 1.82) is 0 Å². The van der Waals surface area contributed by atoms with Gasteiger partial charge in [-0.05, 0) is 30.3 Å². The van der Waals surface area contributed by atoms with Crippen molar-refractivity contribution in [2.45, 2.75) is 0 Å². The van der Waals surface area contributed by atoms with Crippen molar-refractivity contribution in [3.8, 4) is 5.75 Å². The van der Waals surface area contributed by atoms with Crippen molar-refractivity contribution >= 4 is 40.7 Å². The third-order valence-electron chi connectivity index (χ3n) is 5.12. The summed E-state index contributed by atoms with van der Waals surface area (Å²) in [7, 11) is 5.57. The van der Waals surface area contributed by atoms with Gasteiger partial charge in [0.25, 0.3) is 0 Å². The number of anilines is 5. The lowest BCUT2D eigenvalue weighted by molar-refractivity contribution is 0.417. The van der Waals surface area contributed by atoms with Crippen LogP contribution >= 0.6 is 11.6 Å². The molecule has 0 saturated carbocycles. The summed E-state index contributed by atoms with van der Waals surface area (Å²) in [5, 5.41) is 3.96. The number of hydrogen-bond acceptors (Lipinski definition) is 8. The van der Waals surface area contributed by atoms with E-state index in [-0.39, 0.29) is 0 Å². The van der Waals surface area contributed by atoms with Gasteiger partial charge in [0.05, 0.1) is 12.8 Å². The summed E-state index contributed by atoms with van der Waals surface area (Å²) in [6, 6.07) is 13.3. The molecule has 0 amide bonds. The zero-order valence-corrected chi connectivity index (χ0v) is 18.7. The minimum atomic E-state index is 0.621. The Morgan fingerprint density at radius 2 is 1.77 bits per heavy atom. The molecule has 162 valence electrons. The Hall–Kier alpha value is -3.26. The molecule has 1 aliphatic heterocycles. The molecule has 0 spiro atoms. The molecule has 3 aromatic rings. The van der Waals surface area contributed by atoms with Crippen LogP contribution in [0.2, 0.25) is 5.02 Å². The van der Waals surface area contributed by atoms with Crippen LogP contribution in [0.15, 0.2) is 48.7 Å². The molecule has 1 saturated heterocycles. The first-order valence-corrected chi connectivity index (χ1v) is 10.5. The molecule has 1 N–H and O–H groups in total. The van der Waals surface area contributed by atoms with Crippen molar-refractivity contribution in [3.05, 3.63) is 53.7 Å². The fraction of sp³-hybridized carbons (Fsp3) is 0.318. The van der Waals surface area contributed by atoms with E-state index >= 15 is 0 Å². The Kier molecular flexibility index (Phi) is 6.27. The number of piperazine rings is 1. The maximum atomic E-state index is 6.18. The van der Waals surface area contributed by atoms with Crippen molar-refractivity contribution in [1.82, 2.24) is 15.0 Å². The van der Waals surface area contributed by atoms with Crippen LogP contribution < -0.4 is 24.8 Å². The van der Waals surface area contributed by atoms with E-state index < -0.39 is 0 Å². The predicted molar refractivity (Wildman–Crippen MR) is 126 cm³/mol. The minimum absolute atomic E-state index is 0.621. The summed E-state index contributed by atoms with van der Waals surface area (Å²) in [5.74, 6) is 3.89. The number of ether oxygens (including phenoxy) is 1. The average molecular weight is 440 g/mol. The minimum Gasteiger partial charge on any atom is -0.495 e. The molecule has 31 heavy (non-hydrogen) atoms. The number of methoxy groups -OCH3 is 1. The number of benzene rings is 1. The highest BCUT2D eigenvalue weighted by molar-refractivity contribution is 6.31. The molecule has 1 fully saturated rings. The number of pyridine rings is 1. The molecular formula is C22H26ClN7O. The Morgan fingerprint density at radius 3 is 2.45 bits per heavy atom. The average Bonchev–Trinajstić information content (AvgIpc) is 2.80. The van der Waals surface area contributed by atoms with Crippen LogP contribution in [0.5, 0.6) is 5.75 Å². The van der Waals surface area contributed by atoms with Crippen LogP contribution in [0.3, 0.4) is 0 Å². The predicted octanol–water partition coefficient (Wildman–Crippen LogP) is 3.67. The fourth-order valence-corrected chi connectivity index (χ4v) is 3.62. The number of rotatable bonds is 6. The summed E-state index contributed by atoms with van der Waals surface area (Å²) < 4.78 is 5.45. The molecule has 0 bridgehead atoms. The Balaban J connectivity index is 1.56. The van der Waals surface area contributed by atoms with E-state index in [1.54, 1.807) is 13.2 Å². The van der Waals surface area contributed by atoms with Crippen molar-refractivity contribution in [3.63, 3.8) is 0 Å². The standard InChI is InChI=1S/C22H26ClN7O/c1-28(2)21-15-19(25-17-14-16(23)7-8-18(17)31-3)26-22(27-21)30-12-10-29(11-13-30)20-6-4-5-9-24-20/h4-9,14-15H,10-13H2,1-3H3,(H,25,26,27). The Morgan fingerprint density at radius 1 is 1.00 bits per heavy atom. The van der Waals surface area contributed by atoms with E-state index in [1.807, 2.05) is 61.6 Å². The smallest absolute Gasteiger partial charge is 0.229 e. The van der Waals surface area contributed by atoms with Crippen LogP contribution in [0, 0.1) is 0 Å². The first-order chi connectivity index (χ1) is 15.0. The van der Waals surface area contributed by atoms with Crippen molar-refractivity contribution in [2.24, 2.45) is 0 Å². The molecule has 8 nitrogen and oxygen atoms in total. The first-order valence-electron chi connectivity index (χ1n) is 10.1. The quantitative estimate of drug-likeness (QED) is 0.624. The number of halogens is 1. The Bertz CT molecular complexity index is 1020. The SMILES string of the molecule is COc1ccc(Cl)cc1Nc1cc(N(C)C)nc(N2CCN(c3ccccn3)CC2)n1. The first kappa shape index (κ1) is 21.0. The molecule has 0 aliphatic carbocycles. The van der Waals surface area contributed by atoms with E-state index in [9.17, 15) is 0 Å². The second kappa shape index (κ2) is 9.26. The molecule has 4 rings (SSSR count). The zero-order chi connectivity index (χ0) is 21.8. The van der Waals surface area contributed by atoms with Crippen LogP contribution in [-0.2, 0) is 0 Å². The number of aromatic nitrogens is 3. The monoisotopic (exact) mass is 439 g/mol. The maximum absolute atomic E-state index is 6.18. The van der Waals surface area contributed by atoms with Crippen molar-refractivity contribution < 1.29 is 4.74 Å². The van der Waals surface area contributed by atoms with E-state index in [4.69, 9.17) is 26.3 Å².